The molecule has 3 rings (SSSR count). The lowest BCUT2D eigenvalue weighted by molar-refractivity contribution is -0.704. The molecule has 4 nitrogen and oxygen atoms in total. The van der Waals surface area contributed by atoms with Gasteiger partial charge in [-0.1, -0.05) is 89.5 Å². The van der Waals surface area contributed by atoms with Crippen molar-refractivity contribution in [3.8, 4) is 0 Å². The molecule has 2 aromatic rings. The number of hydrogen-bond acceptors (Lipinski definition) is 2. The van der Waals surface area contributed by atoms with E-state index in [1.54, 1.807) is 12.1 Å². The van der Waals surface area contributed by atoms with E-state index < -0.39 is 0 Å². The number of aromatic nitrogens is 2. The van der Waals surface area contributed by atoms with Crippen LogP contribution in [0.3, 0.4) is 0 Å². The standard InChI is InChI=1S/C28H41N2O2.BrH/c1-4-6-8-10-12-16-20-29-22(3)30(21-17-13-11-9-7-5-2)26-25(29)27(31)23-18-14-15-19-24(23)28(26)32;/h14-15,18-19H,4-13,16-17,20-21H2,1-3H3;1H/q+1;/p-1. The predicted molar refractivity (Wildman–Crippen MR) is 129 cm³/mol. The number of benzene rings is 1. The van der Waals surface area contributed by atoms with Gasteiger partial charge in [-0.25, -0.2) is 9.13 Å². The van der Waals surface area contributed by atoms with Crippen LogP contribution in [0.25, 0.3) is 0 Å². The van der Waals surface area contributed by atoms with Crippen molar-refractivity contribution < 1.29 is 31.1 Å². The minimum atomic E-state index is 0. The predicted octanol–water partition coefficient (Wildman–Crippen LogP) is 3.58. The molecule has 1 aromatic carbocycles. The molecule has 0 N–H and O–H groups in total. The Labute approximate surface area is 210 Å². The number of unbranched alkanes of at least 4 members (excludes halogenated alkanes) is 10. The molecule has 0 atom stereocenters. The molecule has 0 radical (unpaired) electrons. The van der Waals surface area contributed by atoms with Crippen LogP contribution in [0.4, 0.5) is 0 Å². The third-order valence-electron chi connectivity index (χ3n) is 6.86. The highest BCUT2D eigenvalue weighted by Gasteiger charge is 2.42. The van der Waals surface area contributed by atoms with Gasteiger partial charge in [0.15, 0.2) is 0 Å². The second kappa shape index (κ2) is 13.8. The summed E-state index contributed by atoms with van der Waals surface area (Å²) >= 11 is 0. The van der Waals surface area contributed by atoms with Gasteiger partial charge in [-0.2, -0.15) is 0 Å². The average Bonchev–Trinajstić information content (AvgIpc) is 3.08. The van der Waals surface area contributed by atoms with Crippen LogP contribution in [-0.4, -0.2) is 16.1 Å². The molecule has 0 aliphatic heterocycles. The van der Waals surface area contributed by atoms with Crippen molar-refractivity contribution in [3.63, 3.8) is 0 Å². The van der Waals surface area contributed by atoms with Crippen LogP contribution in [-0.2, 0) is 13.1 Å². The van der Waals surface area contributed by atoms with Crippen LogP contribution in [0, 0.1) is 6.92 Å². The first-order chi connectivity index (χ1) is 15.6. The molecule has 182 valence electrons. The number of fused-ring (bicyclic) bond motifs is 2. The first kappa shape index (κ1) is 27.5. The van der Waals surface area contributed by atoms with Gasteiger partial charge in [0.25, 0.3) is 5.82 Å². The van der Waals surface area contributed by atoms with Crippen molar-refractivity contribution in [1.82, 2.24) is 4.57 Å². The fourth-order valence-electron chi connectivity index (χ4n) is 4.97. The van der Waals surface area contributed by atoms with Crippen molar-refractivity contribution in [2.24, 2.45) is 0 Å². The average molecular weight is 518 g/mol. The van der Waals surface area contributed by atoms with E-state index in [9.17, 15) is 9.59 Å². The Morgan fingerprint density at radius 1 is 0.727 bits per heavy atom. The largest absolute Gasteiger partial charge is 1.00 e. The lowest BCUT2D eigenvalue weighted by Gasteiger charge is -2.13. The van der Waals surface area contributed by atoms with E-state index >= 15 is 0 Å². The smallest absolute Gasteiger partial charge is 0.254 e. The zero-order valence-corrected chi connectivity index (χ0v) is 22.4. The molecule has 0 saturated carbocycles. The second-order valence-corrected chi connectivity index (χ2v) is 9.29. The summed E-state index contributed by atoms with van der Waals surface area (Å²) < 4.78 is 4.28. The van der Waals surface area contributed by atoms with E-state index in [4.69, 9.17) is 0 Å². The van der Waals surface area contributed by atoms with Crippen molar-refractivity contribution >= 4 is 11.6 Å². The number of ketones is 2. The maximum atomic E-state index is 13.5. The molecule has 0 amide bonds. The molecular formula is C28H41BrN2O2. The molecule has 33 heavy (non-hydrogen) atoms. The Bertz CT molecular complexity index is 860. The first-order valence-electron chi connectivity index (χ1n) is 12.9. The second-order valence-electron chi connectivity index (χ2n) is 9.29. The van der Waals surface area contributed by atoms with Crippen LogP contribution >= 0.6 is 0 Å². The van der Waals surface area contributed by atoms with Crippen molar-refractivity contribution in [2.45, 2.75) is 111 Å². The zero-order valence-electron chi connectivity index (χ0n) is 20.8. The summed E-state index contributed by atoms with van der Waals surface area (Å²) in [5.41, 5.74) is 2.34. The van der Waals surface area contributed by atoms with E-state index in [0.29, 0.717) is 22.5 Å². The highest BCUT2D eigenvalue weighted by Crippen LogP contribution is 2.27. The number of nitrogens with zero attached hydrogens (tertiary/aromatic N) is 2. The maximum absolute atomic E-state index is 13.5. The SMILES string of the molecule is CCCCCCCCn1c2c([n+](CCCCCCCC)c1C)C(=O)c1ccccc1C2=O.[Br-]. The summed E-state index contributed by atoms with van der Waals surface area (Å²) in [5.74, 6) is 1.06. The fourth-order valence-corrected chi connectivity index (χ4v) is 4.97. The van der Waals surface area contributed by atoms with Crippen molar-refractivity contribution in [2.75, 3.05) is 0 Å². The lowest BCUT2D eigenvalue weighted by atomic mass is 9.90. The Kier molecular flexibility index (Phi) is 11.5. The number of carbonyl (C=O) groups excluding carboxylic acids is 2. The van der Waals surface area contributed by atoms with Gasteiger partial charge in [-0.05, 0) is 25.7 Å². The van der Waals surface area contributed by atoms with Crippen LogP contribution < -0.4 is 21.5 Å². The van der Waals surface area contributed by atoms with E-state index in [2.05, 4.69) is 29.9 Å². The maximum Gasteiger partial charge on any atom is 0.254 e. The van der Waals surface area contributed by atoms with Crippen LogP contribution in [0.1, 0.15) is 129 Å². The molecule has 1 heterocycles. The molecule has 0 spiro atoms. The van der Waals surface area contributed by atoms with Gasteiger partial charge in [0.05, 0.1) is 13.1 Å². The van der Waals surface area contributed by atoms with Gasteiger partial charge < -0.3 is 17.0 Å². The third-order valence-corrected chi connectivity index (χ3v) is 6.86. The minimum absolute atomic E-state index is 0. The number of carbonyl (C=O) groups is 2. The van der Waals surface area contributed by atoms with Gasteiger partial charge in [0.2, 0.25) is 23.0 Å². The minimum Gasteiger partial charge on any atom is -1.00 e. The highest BCUT2D eigenvalue weighted by atomic mass is 79.9. The molecule has 1 aliphatic carbocycles. The van der Waals surface area contributed by atoms with Gasteiger partial charge in [-0.15, -0.1) is 0 Å². The van der Waals surface area contributed by atoms with Crippen LogP contribution in [0.5, 0.6) is 0 Å². The number of rotatable bonds is 14. The summed E-state index contributed by atoms with van der Waals surface area (Å²) in [4.78, 5) is 27.0. The summed E-state index contributed by atoms with van der Waals surface area (Å²) in [6, 6.07) is 7.31. The van der Waals surface area contributed by atoms with Gasteiger partial charge >= 0.3 is 0 Å². The molecule has 1 aliphatic rings. The number of imidazole rings is 1. The summed E-state index contributed by atoms with van der Waals surface area (Å²) in [7, 11) is 0. The first-order valence-corrected chi connectivity index (χ1v) is 12.9. The molecule has 5 heteroatoms. The summed E-state index contributed by atoms with van der Waals surface area (Å²) in [5, 5.41) is 0. The molecule has 0 saturated heterocycles. The summed E-state index contributed by atoms with van der Waals surface area (Å²) in [6.07, 6.45) is 14.6. The molecule has 0 fully saturated rings. The normalized spacial score (nSPS) is 12.5. The van der Waals surface area contributed by atoms with Crippen LogP contribution in [0.15, 0.2) is 24.3 Å². The quantitative estimate of drug-likeness (QED) is 0.242. The fraction of sp³-hybridized carbons (Fsp3) is 0.607. The molecule has 1 aromatic heterocycles. The third kappa shape index (κ3) is 6.44. The van der Waals surface area contributed by atoms with E-state index in [0.717, 1.165) is 31.8 Å². The van der Waals surface area contributed by atoms with E-state index in [1.807, 2.05) is 12.1 Å². The molecular weight excluding hydrogens is 476 g/mol. The van der Waals surface area contributed by atoms with Crippen molar-refractivity contribution in [1.29, 1.82) is 0 Å². The molecule has 0 bridgehead atoms. The lowest BCUT2D eigenvalue weighted by Crippen LogP contribution is -3.00. The Morgan fingerprint density at radius 2 is 1.24 bits per heavy atom. The Balaban J connectivity index is 0.00000385. The zero-order chi connectivity index (χ0) is 22.9. The summed E-state index contributed by atoms with van der Waals surface area (Å²) in [6.45, 7) is 8.17. The highest BCUT2D eigenvalue weighted by molar-refractivity contribution is 6.26. The topological polar surface area (TPSA) is 43.0 Å². The van der Waals surface area contributed by atoms with E-state index in [-0.39, 0.29) is 28.5 Å². The van der Waals surface area contributed by atoms with E-state index in [1.165, 1.54) is 64.2 Å². The Morgan fingerprint density at radius 3 is 1.85 bits per heavy atom. The van der Waals surface area contributed by atoms with Crippen molar-refractivity contribution in [3.05, 3.63) is 52.6 Å². The Hall–Kier alpha value is -1.75. The number of halogens is 1. The monoisotopic (exact) mass is 516 g/mol. The van der Waals surface area contributed by atoms with Gasteiger partial charge in [-0.3, -0.25) is 9.59 Å². The molecule has 0 unspecified atom stereocenters. The van der Waals surface area contributed by atoms with Gasteiger partial charge in [0.1, 0.15) is 0 Å². The van der Waals surface area contributed by atoms with Crippen LogP contribution in [0.2, 0.25) is 0 Å². The van der Waals surface area contributed by atoms with Gasteiger partial charge in [0, 0.05) is 18.1 Å². The number of hydrogen-bond donors (Lipinski definition) is 0.